The molecule has 5 rings (SSSR count). The van der Waals surface area contributed by atoms with Gasteiger partial charge in [-0.2, -0.15) is 0 Å². The van der Waals surface area contributed by atoms with Gasteiger partial charge in [-0.25, -0.2) is 0 Å². The molecule has 0 saturated carbocycles. The minimum atomic E-state index is 0.748. The maximum Gasteiger partial charge on any atom is 0.133 e. The topological polar surface area (TPSA) is 28.7 Å². The van der Waals surface area contributed by atoms with Gasteiger partial charge in [0.05, 0.1) is 18.5 Å². The third kappa shape index (κ3) is 4.92. The molecule has 0 radical (unpaired) electrons. The minimum Gasteiger partial charge on any atom is -0.464 e. The number of benzodiazepines with no additional fused rings is 1. The van der Waals surface area contributed by atoms with Crippen molar-refractivity contribution in [2.75, 3.05) is 25.0 Å². The van der Waals surface area contributed by atoms with Crippen molar-refractivity contribution >= 4 is 40.8 Å². The smallest absolute Gasteiger partial charge is 0.133 e. The lowest BCUT2D eigenvalue weighted by atomic mass is 10.0. The second-order valence-corrected chi connectivity index (χ2v) is 9.38. The van der Waals surface area contributed by atoms with Crippen LogP contribution in [0.15, 0.2) is 110 Å². The van der Waals surface area contributed by atoms with Gasteiger partial charge in [0.2, 0.25) is 0 Å². The van der Waals surface area contributed by atoms with Crippen LogP contribution in [-0.2, 0) is 0 Å². The van der Waals surface area contributed by atoms with E-state index in [0.717, 1.165) is 56.9 Å². The predicted octanol–water partition coefficient (Wildman–Crippen LogP) is 7.70. The molecule has 0 unspecified atom stereocenters. The molecule has 5 heteroatoms. The molecule has 0 amide bonds. The zero-order valence-electron chi connectivity index (χ0n) is 18.2. The maximum absolute atomic E-state index is 6.04. The van der Waals surface area contributed by atoms with Gasteiger partial charge in [-0.1, -0.05) is 59.8 Å². The van der Waals surface area contributed by atoms with Crippen LogP contribution in [0.25, 0.3) is 17.4 Å². The number of nitrogens with zero attached hydrogens (tertiary/aromatic N) is 2. The lowest BCUT2D eigenvalue weighted by Gasteiger charge is -2.20. The second-order valence-electron chi connectivity index (χ2n) is 7.82. The highest BCUT2D eigenvalue weighted by Crippen LogP contribution is 2.33. The Morgan fingerprint density at radius 2 is 1.82 bits per heavy atom. The zero-order chi connectivity index (χ0) is 22.6. The normalized spacial score (nSPS) is 13.6. The fraction of sp³-hybridized carbons (Fsp3) is 0.107. The van der Waals surface area contributed by atoms with Gasteiger partial charge in [0.1, 0.15) is 5.76 Å². The largest absolute Gasteiger partial charge is 0.464 e. The van der Waals surface area contributed by atoms with Crippen molar-refractivity contribution in [2.24, 2.45) is 4.99 Å². The molecule has 33 heavy (non-hydrogen) atoms. The fourth-order valence-corrected chi connectivity index (χ4v) is 4.89. The molecule has 0 bridgehead atoms. The number of halogens is 1. The Morgan fingerprint density at radius 1 is 0.970 bits per heavy atom. The molecule has 164 valence electrons. The number of rotatable bonds is 5. The van der Waals surface area contributed by atoms with Crippen molar-refractivity contribution in [1.82, 2.24) is 0 Å². The Labute approximate surface area is 203 Å². The Balaban J connectivity index is 1.45. The lowest BCUT2D eigenvalue weighted by Crippen LogP contribution is -2.20. The summed E-state index contributed by atoms with van der Waals surface area (Å²) in [6, 6.07) is 26.7. The SMILES string of the molecule is CN1CCN=C(/C=C/c2ccccc2Sc2ccc(Cl)cc2)c2ccc(-c3ccco3)cc21. The minimum absolute atomic E-state index is 0.748. The summed E-state index contributed by atoms with van der Waals surface area (Å²) in [6.45, 7) is 1.62. The molecule has 3 aromatic carbocycles. The van der Waals surface area contributed by atoms with Crippen LogP contribution in [0, 0.1) is 0 Å². The van der Waals surface area contributed by atoms with Crippen molar-refractivity contribution in [3.8, 4) is 11.3 Å². The van der Waals surface area contributed by atoms with Gasteiger partial charge in [0.25, 0.3) is 0 Å². The summed E-state index contributed by atoms with van der Waals surface area (Å²) in [6.07, 6.45) is 6.00. The standard InChI is InChI=1S/C28H23ClN2OS/c1-31-17-16-30-25(24-14-8-21(19-26(24)31)27-6-4-18-32-27)15-9-20-5-2-3-7-28(20)33-23-12-10-22(29)11-13-23/h2-15,18-19H,16-17H2,1H3/b15-9+. The number of hydrogen-bond acceptors (Lipinski definition) is 4. The summed E-state index contributed by atoms with van der Waals surface area (Å²) in [7, 11) is 2.12. The Morgan fingerprint density at radius 3 is 2.64 bits per heavy atom. The van der Waals surface area contributed by atoms with Gasteiger partial charge in [-0.3, -0.25) is 4.99 Å². The first-order valence-electron chi connectivity index (χ1n) is 10.8. The van der Waals surface area contributed by atoms with E-state index in [9.17, 15) is 0 Å². The predicted molar refractivity (Wildman–Crippen MR) is 140 cm³/mol. The average Bonchev–Trinajstić information content (AvgIpc) is 3.33. The number of benzene rings is 3. The molecule has 4 aromatic rings. The van der Waals surface area contributed by atoms with E-state index in [2.05, 4.69) is 66.6 Å². The van der Waals surface area contributed by atoms with Crippen LogP contribution >= 0.6 is 23.4 Å². The number of likely N-dealkylation sites (N-methyl/N-ethyl adjacent to an activating group) is 1. The number of furan rings is 1. The van der Waals surface area contributed by atoms with Crippen molar-refractivity contribution in [3.05, 3.63) is 107 Å². The fourth-order valence-electron chi connectivity index (χ4n) is 3.84. The molecular weight excluding hydrogens is 448 g/mol. The van der Waals surface area contributed by atoms with Crippen LogP contribution in [0.2, 0.25) is 5.02 Å². The summed E-state index contributed by atoms with van der Waals surface area (Å²) in [5.41, 5.74) is 5.51. The highest BCUT2D eigenvalue weighted by molar-refractivity contribution is 7.99. The van der Waals surface area contributed by atoms with Crippen LogP contribution < -0.4 is 4.90 Å². The molecule has 3 nitrogen and oxygen atoms in total. The van der Waals surface area contributed by atoms with Crippen molar-refractivity contribution in [3.63, 3.8) is 0 Å². The molecule has 1 aromatic heterocycles. The lowest BCUT2D eigenvalue weighted by molar-refractivity contribution is 0.582. The first-order valence-corrected chi connectivity index (χ1v) is 12.0. The number of allylic oxidation sites excluding steroid dienone is 1. The summed E-state index contributed by atoms with van der Waals surface area (Å²) < 4.78 is 5.61. The van der Waals surface area contributed by atoms with E-state index in [0.29, 0.717) is 0 Å². The quantitative estimate of drug-likeness (QED) is 0.299. The van der Waals surface area contributed by atoms with Crippen molar-refractivity contribution in [2.45, 2.75) is 9.79 Å². The van der Waals surface area contributed by atoms with Crippen LogP contribution in [-0.4, -0.2) is 25.8 Å². The third-order valence-corrected chi connectivity index (χ3v) is 6.94. The molecule has 0 aliphatic carbocycles. The number of hydrogen-bond donors (Lipinski definition) is 0. The number of aliphatic imine (C=N–C) groups is 1. The van der Waals surface area contributed by atoms with Crippen LogP contribution in [0.1, 0.15) is 11.1 Å². The maximum atomic E-state index is 6.04. The molecule has 2 heterocycles. The van der Waals surface area contributed by atoms with Crippen molar-refractivity contribution < 1.29 is 4.42 Å². The van der Waals surface area contributed by atoms with Crippen LogP contribution in [0.5, 0.6) is 0 Å². The first-order chi connectivity index (χ1) is 16.2. The summed E-state index contributed by atoms with van der Waals surface area (Å²) in [5.74, 6) is 0.873. The van der Waals surface area contributed by atoms with Crippen LogP contribution in [0.3, 0.4) is 0 Å². The van der Waals surface area contributed by atoms with Crippen LogP contribution in [0.4, 0.5) is 5.69 Å². The van der Waals surface area contributed by atoms with E-state index >= 15 is 0 Å². The van der Waals surface area contributed by atoms with Gasteiger partial charge < -0.3 is 9.32 Å². The van der Waals surface area contributed by atoms with Gasteiger partial charge in [0.15, 0.2) is 0 Å². The molecule has 0 N–H and O–H groups in total. The van der Waals surface area contributed by atoms with E-state index in [-0.39, 0.29) is 0 Å². The monoisotopic (exact) mass is 470 g/mol. The van der Waals surface area contributed by atoms with E-state index < -0.39 is 0 Å². The molecule has 1 aliphatic rings. The summed E-state index contributed by atoms with van der Waals surface area (Å²) >= 11 is 7.77. The van der Waals surface area contributed by atoms with Gasteiger partial charge in [-0.05, 0) is 60.2 Å². The molecule has 0 atom stereocenters. The van der Waals surface area contributed by atoms with Crippen molar-refractivity contribution in [1.29, 1.82) is 0 Å². The van der Waals surface area contributed by atoms with E-state index in [1.54, 1.807) is 18.0 Å². The summed E-state index contributed by atoms with van der Waals surface area (Å²) in [5, 5.41) is 0.748. The molecule has 1 aliphatic heterocycles. The average molecular weight is 471 g/mol. The molecular formula is C28H23ClN2OS. The zero-order valence-corrected chi connectivity index (χ0v) is 19.8. The molecule has 0 saturated heterocycles. The van der Waals surface area contributed by atoms with Gasteiger partial charge in [-0.15, -0.1) is 0 Å². The van der Waals surface area contributed by atoms with E-state index in [1.165, 1.54) is 4.90 Å². The Hall–Kier alpha value is -3.21. The Bertz CT molecular complexity index is 1310. The second kappa shape index (κ2) is 9.74. The number of anilines is 1. The van der Waals surface area contributed by atoms with Gasteiger partial charge >= 0.3 is 0 Å². The third-order valence-electron chi connectivity index (χ3n) is 5.59. The Kier molecular flexibility index (Phi) is 6.38. The highest BCUT2D eigenvalue weighted by atomic mass is 35.5. The van der Waals surface area contributed by atoms with Gasteiger partial charge in [0, 0.05) is 45.2 Å². The first kappa shape index (κ1) is 21.6. The van der Waals surface area contributed by atoms with E-state index in [1.807, 2.05) is 36.4 Å². The van der Waals surface area contributed by atoms with E-state index in [4.69, 9.17) is 21.0 Å². The highest BCUT2D eigenvalue weighted by Gasteiger charge is 2.16. The number of fused-ring (bicyclic) bond motifs is 1. The molecule has 0 spiro atoms. The molecule has 0 fully saturated rings. The summed E-state index contributed by atoms with van der Waals surface area (Å²) in [4.78, 5) is 9.50.